The number of nitrogens with two attached hydrogens (primary N) is 1. The molecule has 0 amide bonds. The van der Waals surface area contributed by atoms with Crippen molar-refractivity contribution in [2.75, 3.05) is 13.2 Å². The van der Waals surface area contributed by atoms with Crippen LogP contribution in [-0.4, -0.2) is 30.9 Å². The average Bonchev–Trinajstić information content (AvgIpc) is 3.05. The molecule has 28 heavy (non-hydrogen) atoms. The van der Waals surface area contributed by atoms with Gasteiger partial charge in [-0.15, -0.1) is 0 Å². The van der Waals surface area contributed by atoms with E-state index in [2.05, 4.69) is 0 Å². The largest absolute Gasteiger partial charge is 0.487 e. The second kappa shape index (κ2) is 6.09. The summed E-state index contributed by atoms with van der Waals surface area (Å²) in [5, 5.41) is 0.341. The van der Waals surface area contributed by atoms with Crippen molar-refractivity contribution in [1.29, 1.82) is 0 Å². The Bertz CT molecular complexity index is 977. The molecule has 0 saturated carbocycles. The topological polar surface area (TPSA) is 66.1 Å². The maximum Gasteiger partial charge on any atom is 0.283 e. The third-order valence-corrected chi connectivity index (χ3v) is 6.29. The maximum atomic E-state index is 13.9. The quantitative estimate of drug-likeness (QED) is 0.782. The van der Waals surface area contributed by atoms with Crippen molar-refractivity contribution in [2.24, 2.45) is 10.7 Å². The molecule has 5 nitrogen and oxygen atoms in total. The van der Waals surface area contributed by atoms with Gasteiger partial charge in [0.15, 0.2) is 5.54 Å². The summed E-state index contributed by atoms with van der Waals surface area (Å²) in [4.78, 5) is 4.71. The van der Waals surface area contributed by atoms with Crippen LogP contribution in [0.1, 0.15) is 25.3 Å². The van der Waals surface area contributed by atoms with Gasteiger partial charge in [-0.3, -0.25) is 0 Å². The maximum absolute atomic E-state index is 13.9. The number of benzene rings is 2. The van der Waals surface area contributed by atoms with Gasteiger partial charge in [0.1, 0.15) is 29.9 Å². The first-order chi connectivity index (χ1) is 13.4. The third-order valence-electron chi connectivity index (χ3n) is 6.07. The van der Waals surface area contributed by atoms with E-state index in [0.717, 1.165) is 29.7 Å². The normalized spacial score (nSPS) is 30.8. The van der Waals surface area contributed by atoms with Gasteiger partial charge in [0.05, 0.1) is 0 Å². The Hall–Kier alpha value is -2.31. The Kier molecular flexibility index (Phi) is 3.87. The van der Waals surface area contributed by atoms with Gasteiger partial charge in [0, 0.05) is 17.2 Å². The zero-order chi connectivity index (χ0) is 19.5. The summed E-state index contributed by atoms with van der Waals surface area (Å²) in [5.41, 5.74) is 6.71. The van der Waals surface area contributed by atoms with Gasteiger partial charge in [-0.2, -0.15) is 0 Å². The average molecular weight is 403 g/mol. The molecule has 3 heterocycles. The number of hydrogen-bond acceptors (Lipinski definition) is 5. The molecule has 2 aromatic rings. The van der Waals surface area contributed by atoms with E-state index in [-0.39, 0.29) is 24.5 Å². The highest BCUT2D eigenvalue weighted by Gasteiger charge is 2.63. The summed E-state index contributed by atoms with van der Waals surface area (Å²) < 4.78 is 32.1. The van der Waals surface area contributed by atoms with E-state index in [9.17, 15) is 4.39 Å². The minimum Gasteiger partial charge on any atom is -0.487 e. The Morgan fingerprint density at radius 2 is 2.07 bits per heavy atom. The first-order valence-electron chi connectivity index (χ1n) is 9.31. The van der Waals surface area contributed by atoms with Crippen LogP contribution in [0.25, 0.3) is 11.1 Å². The highest BCUT2D eigenvalue weighted by atomic mass is 35.5. The van der Waals surface area contributed by atoms with E-state index in [0.29, 0.717) is 17.2 Å². The zero-order valence-corrected chi connectivity index (χ0v) is 16.1. The van der Waals surface area contributed by atoms with E-state index in [4.69, 9.17) is 36.5 Å². The molecule has 1 fully saturated rings. The Balaban J connectivity index is 1.71. The van der Waals surface area contributed by atoms with Gasteiger partial charge < -0.3 is 19.9 Å². The Morgan fingerprint density at radius 1 is 1.21 bits per heavy atom. The van der Waals surface area contributed by atoms with Gasteiger partial charge >= 0.3 is 0 Å². The van der Waals surface area contributed by atoms with Crippen LogP contribution in [0.2, 0.25) is 5.02 Å². The van der Waals surface area contributed by atoms with Crippen LogP contribution in [0.4, 0.5) is 4.39 Å². The molecule has 0 aromatic heterocycles. The summed E-state index contributed by atoms with van der Waals surface area (Å²) in [6.07, 6.45) is 1.64. The van der Waals surface area contributed by atoms with E-state index >= 15 is 0 Å². The predicted octanol–water partition coefficient (Wildman–Crippen LogP) is 4.02. The second-order valence-electron chi connectivity index (χ2n) is 7.67. The summed E-state index contributed by atoms with van der Waals surface area (Å²) in [6.45, 7) is 2.91. The van der Waals surface area contributed by atoms with E-state index in [1.54, 1.807) is 6.07 Å². The highest BCUT2D eigenvalue weighted by Crippen LogP contribution is 2.54. The van der Waals surface area contributed by atoms with E-state index < -0.39 is 11.1 Å². The van der Waals surface area contributed by atoms with Crippen LogP contribution >= 0.6 is 11.6 Å². The molecule has 2 aromatic carbocycles. The van der Waals surface area contributed by atoms with Crippen molar-refractivity contribution in [2.45, 2.75) is 37.0 Å². The molecule has 1 saturated heterocycles. The summed E-state index contributed by atoms with van der Waals surface area (Å²) >= 11 is 6.05. The van der Waals surface area contributed by atoms with Crippen LogP contribution in [0.3, 0.4) is 0 Å². The number of halogens is 2. The first kappa shape index (κ1) is 17.8. The van der Waals surface area contributed by atoms with Gasteiger partial charge in [0.25, 0.3) is 6.02 Å². The zero-order valence-electron chi connectivity index (χ0n) is 15.4. The SMILES string of the molecule is C[C@]12OCCCC1Oc1ccc(-c3cc(F)cc(Cl)c3)cc1C21COC(N)=N1. The predicted molar refractivity (Wildman–Crippen MR) is 104 cm³/mol. The number of fused-ring (bicyclic) bond motifs is 4. The highest BCUT2D eigenvalue weighted by molar-refractivity contribution is 6.30. The number of amidine groups is 1. The van der Waals surface area contributed by atoms with Crippen molar-refractivity contribution in [1.82, 2.24) is 0 Å². The molecule has 7 heteroatoms. The number of nitrogens with zero attached hydrogens (tertiary/aromatic N) is 1. The minimum atomic E-state index is -0.817. The molecule has 3 aliphatic heterocycles. The van der Waals surface area contributed by atoms with Crippen molar-refractivity contribution in [3.63, 3.8) is 0 Å². The standard InChI is InChI=1S/C21H20ClFN2O3/c1-20-18(3-2-6-27-20)28-17-5-4-12(13-7-14(22)10-15(23)8-13)9-16(17)21(20)11-26-19(24)25-21/h4-5,7-10,18H,2-3,6,11H2,1H3,(H2,24,25)/t18?,20-,21?/m0/s1. The van der Waals surface area contributed by atoms with Crippen molar-refractivity contribution in [3.05, 3.63) is 52.8 Å². The fraction of sp³-hybridized carbons (Fsp3) is 0.381. The summed E-state index contributed by atoms with van der Waals surface area (Å²) in [7, 11) is 0. The molecule has 3 aliphatic rings. The molecule has 0 aliphatic carbocycles. The van der Waals surface area contributed by atoms with Crippen LogP contribution < -0.4 is 10.5 Å². The Morgan fingerprint density at radius 3 is 2.82 bits per heavy atom. The van der Waals surface area contributed by atoms with Crippen molar-refractivity contribution >= 4 is 17.6 Å². The fourth-order valence-corrected chi connectivity index (χ4v) is 4.80. The lowest BCUT2D eigenvalue weighted by molar-refractivity contribution is -0.188. The van der Waals surface area contributed by atoms with Crippen molar-refractivity contribution in [3.8, 4) is 16.9 Å². The van der Waals surface area contributed by atoms with E-state index in [1.807, 2.05) is 25.1 Å². The molecule has 146 valence electrons. The fourth-order valence-electron chi connectivity index (χ4n) is 4.58. The lowest BCUT2D eigenvalue weighted by Crippen LogP contribution is -2.64. The molecule has 1 spiro atoms. The lowest BCUT2D eigenvalue weighted by atomic mass is 9.69. The smallest absolute Gasteiger partial charge is 0.283 e. The molecule has 3 atom stereocenters. The molecular weight excluding hydrogens is 383 g/mol. The Labute approximate surface area is 167 Å². The van der Waals surface area contributed by atoms with Gasteiger partial charge in [-0.05, 0) is 61.2 Å². The lowest BCUT2D eigenvalue weighted by Gasteiger charge is -2.53. The van der Waals surface area contributed by atoms with Crippen LogP contribution in [0, 0.1) is 5.82 Å². The van der Waals surface area contributed by atoms with Gasteiger partial charge in [-0.1, -0.05) is 17.7 Å². The third kappa shape index (κ3) is 2.44. The molecule has 0 radical (unpaired) electrons. The first-order valence-corrected chi connectivity index (χ1v) is 9.69. The number of hydrogen-bond donors (Lipinski definition) is 1. The summed E-state index contributed by atoms with van der Waals surface area (Å²) in [6, 6.07) is 10.3. The molecule has 5 rings (SSSR count). The minimum absolute atomic E-state index is 0.140. The molecular formula is C21H20ClFN2O3. The summed E-state index contributed by atoms with van der Waals surface area (Å²) in [5.74, 6) is 0.335. The number of rotatable bonds is 1. The number of aliphatic imine (C=N–C) groups is 1. The van der Waals surface area contributed by atoms with Crippen LogP contribution in [-0.2, 0) is 15.0 Å². The van der Waals surface area contributed by atoms with E-state index in [1.165, 1.54) is 12.1 Å². The second-order valence-corrected chi connectivity index (χ2v) is 8.11. The van der Waals surface area contributed by atoms with Crippen LogP contribution in [0.5, 0.6) is 5.75 Å². The molecule has 0 bridgehead atoms. The number of ether oxygens (including phenoxy) is 3. The van der Waals surface area contributed by atoms with Crippen LogP contribution in [0.15, 0.2) is 41.4 Å². The monoisotopic (exact) mass is 402 g/mol. The van der Waals surface area contributed by atoms with Gasteiger partial charge in [-0.25, -0.2) is 9.38 Å². The van der Waals surface area contributed by atoms with Crippen molar-refractivity contribution < 1.29 is 18.6 Å². The molecule has 2 unspecified atom stereocenters. The van der Waals surface area contributed by atoms with Gasteiger partial charge in [0.2, 0.25) is 0 Å². The molecule has 2 N–H and O–H groups in total.